The number of anilines is 3. The number of nitrogens with zero attached hydrogens (tertiary/aromatic N) is 4. The molecule has 2 amide bonds. The average Bonchev–Trinajstić information content (AvgIpc) is 3.07. The number of fused-ring (bicyclic) bond motifs is 1. The van der Waals surface area contributed by atoms with E-state index in [-0.39, 0.29) is 47.8 Å². The molecular weight excluding hydrogens is 455 g/mol. The Balaban J connectivity index is 1.49. The van der Waals surface area contributed by atoms with Crippen LogP contribution in [0.2, 0.25) is 0 Å². The fourth-order valence-corrected chi connectivity index (χ4v) is 3.70. The Hall–Kier alpha value is -4.41. The second-order valence-electron chi connectivity index (χ2n) is 8.34. The zero-order valence-corrected chi connectivity index (χ0v) is 19.1. The molecular formula is C24H23FN6O4. The van der Waals surface area contributed by atoms with Crippen LogP contribution in [0, 0.1) is 11.7 Å². The molecule has 4 rings (SSSR count). The lowest BCUT2D eigenvalue weighted by molar-refractivity contribution is -0.150. The number of amides is 2. The van der Waals surface area contributed by atoms with Crippen molar-refractivity contribution in [2.75, 3.05) is 11.1 Å². The van der Waals surface area contributed by atoms with Gasteiger partial charge in [-0.2, -0.15) is 15.0 Å². The number of rotatable bonds is 8. The first-order valence-corrected chi connectivity index (χ1v) is 10.9. The van der Waals surface area contributed by atoms with Crippen LogP contribution in [0.4, 0.5) is 22.0 Å². The van der Waals surface area contributed by atoms with Gasteiger partial charge in [0.05, 0.1) is 11.1 Å². The van der Waals surface area contributed by atoms with Crippen molar-refractivity contribution in [3.8, 4) is 0 Å². The average molecular weight is 478 g/mol. The van der Waals surface area contributed by atoms with Crippen LogP contribution >= 0.6 is 0 Å². The zero-order chi connectivity index (χ0) is 25.1. The predicted octanol–water partition coefficient (Wildman–Crippen LogP) is 3.09. The molecule has 0 bridgehead atoms. The molecule has 3 N–H and O–H groups in total. The lowest BCUT2D eigenvalue weighted by atomic mass is 10.0. The maximum atomic E-state index is 13.1. The van der Waals surface area contributed by atoms with E-state index >= 15 is 0 Å². The number of hydrogen-bond donors (Lipinski definition) is 2. The summed E-state index contributed by atoms with van der Waals surface area (Å²) in [7, 11) is 0. The van der Waals surface area contributed by atoms with Crippen LogP contribution in [0.15, 0.2) is 48.5 Å². The van der Waals surface area contributed by atoms with Crippen molar-refractivity contribution < 1.29 is 23.5 Å². The molecule has 0 saturated heterocycles. The fraction of sp³-hybridized carbons (Fsp3) is 0.250. The maximum Gasteiger partial charge on any atom is 0.329 e. The molecule has 3 aromatic rings. The number of imide groups is 1. The van der Waals surface area contributed by atoms with Crippen LogP contribution in [0.5, 0.6) is 0 Å². The number of nitrogen functional groups attached to an aromatic ring is 1. The van der Waals surface area contributed by atoms with Crippen LogP contribution in [-0.4, -0.2) is 43.7 Å². The van der Waals surface area contributed by atoms with Crippen LogP contribution in [0.3, 0.4) is 0 Å². The first-order chi connectivity index (χ1) is 16.7. The summed E-state index contributed by atoms with van der Waals surface area (Å²) in [5.41, 5.74) is 6.77. The van der Waals surface area contributed by atoms with E-state index in [0.29, 0.717) is 5.69 Å². The minimum absolute atomic E-state index is 0.00352. The molecule has 1 aliphatic heterocycles. The number of benzene rings is 2. The van der Waals surface area contributed by atoms with E-state index in [1.54, 1.807) is 24.3 Å². The molecule has 1 aromatic heterocycles. The van der Waals surface area contributed by atoms with Gasteiger partial charge in [0.2, 0.25) is 11.9 Å². The van der Waals surface area contributed by atoms with Gasteiger partial charge in [0.1, 0.15) is 11.9 Å². The number of nitrogens with one attached hydrogen (secondary N) is 1. The molecule has 0 saturated carbocycles. The molecule has 10 nitrogen and oxygen atoms in total. The van der Waals surface area contributed by atoms with Gasteiger partial charge < -0.3 is 15.8 Å². The molecule has 11 heteroatoms. The summed E-state index contributed by atoms with van der Waals surface area (Å²) in [6, 6.07) is 10.8. The van der Waals surface area contributed by atoms with Crippen LogP contribution in [-0.2, 0) is 16.1 Å². The van der Waals surface area contributed by atoms with E-state index in [4.69, 9.17) is 10.5 Å². The summed E-state index contributed by atoms with van der Waals surface area (Å²) >= 11 is 0. The number of carbonyl (C=O) groups is 3. The van der Waals surface area contributed by atoms with Crippen molar-refractivity contribution in [2.45, 2.75) is 32.9 Å². The highest BCUT2D eigenvalue weighted by molar-refractivity contribution is 6.22. The van der Waals surface area contributed by atoms with Crippen molar-refractivity contribution in [3.63, 3.8) is 0 Å². The molecule has 2 aromatic carbocycles. The second kappa shape index (κ2) is 9.84. The summed E-state index contributed by atoms with van der Waals surface area (Å²) in [6.07, 6.45) is 0.223. The quantitative estimate of drug-likeness (QED) is 0.369. The van der Waals surface area contributed by atoms with E-state index < -0.39 is 29.6 Å². The smallest absolute Gasteiger partial charge is 0.329 e. The highest BCUT2D eigenvalue weighted by Crippen LogP contribution is 2.27. The molecule has 0 spiro atoms. The first-order valence-electron chi connectivity index (χ1n) is 10.9. The van der Waals surface area contributed by atoms with Crippen molar-refractivity contribution in [1.29, 1.82) is 0 Å². The van der Waals surface area contributed by atoms with Crippen LogP contribution in [0.25, 0.3) is 0 Å². The lowest BCUT2D eigenvalue weighted by Gasteiger charge is -2.25. The van der Waals surface area contributed by atoms with Crippen LogP contribution < -0.4 is 11.1 Å². The van der Waals surface area contributed by atoms with Crippen LogP contribution in [0.1, 0.15) is 46.8 Å². The highest BCUT2D eigenvalue weighted by atomic mass is 19.1. The molecule has 1 atom stereocenters. The summed E-state index contributed by atoms with van der Waals surface area (Å²) < 4.78 is 18.5. The number of halogens is 1. The molecule has 180 valence electrons. The third-order valence-corrected chi connectivity index (χ3v) is 5.25. The Bertz CT molecular complexity index is 1250. The van der Waals surface area contributed by atoms with Crippen molar-refractivity contribution >= 4 is 35.4 Å². The number of carbonyl (C=O) groups excluding carboxylic acids is 3. The molecule has 0 radical (unpaired) electrons. The van der Waals surface area contributed by atoms with E-state index in [1.165, 1.54) is 24.3 Å². The topological polar surface area (TPSA) is 140 Å². The second-order valence-corrected chi connectivity index (χ2v) is 8.34. The summed E-state index contributed by atoms with van der Waals surface area (Å²) in [4.78, 5) is 51.9. The summed E-state index contributed by atoms with van der Waals surface area (Å²) in [6.45, 7) is 3.39. The van der Waals surface area contributed by atoms with Gasteiger partial charge in [-0.05, 0) is 48.7 Å². The summed E-state index contributed by atoms with van der Waals surface area (Å²) in [5.74, 6) is -2.22. The van der Waals surface area contributed by atoms with Crippen molar-refractivity contribution in [2.24, 2.45) is 5.92 Å². The van der Waals surface area contributed by atoms with Gasteiger partial charge in [-0.15, -0.1) is 0 Å². The van der Waals surface area contributed by atoms with Gasteiger partial charge in [-0.25, -0.2) is 9.18 Å². The summed E-state index contributed by atoms with van der Waals surface area (Å²) in [5, 5.41) is 2.87. The number of ether oxygens (including phenoxy) is 1. The molecule has 2 heterocycles. The van der Waals surface area contributed by atoms with Crippen molar-refractivity contribution in [1.82, 2.24) is 19.9 Å². The normalized spacial score (nSPS) is 13.7. The van der Waals surface area contributed by atoms with Gasteiger partial charge in [0.15, 0.2) is 12.4 Å². The van der Waals surface area contributed by atoms with Gasteiger partial charge >= 0.3 is 5.97 Å². The van der Waals surface area contributed by atoms with Crippen molar-refractivity contribution in [3.05, 3.63) is 71.3 Å². The molecule has 35 heavy (non-hydrogen) atoms. The maximum absolute atomic E-state index is 13.1. The SMILES string of the molecule is CC(C)CC(C(=O)OCc1nc(N)nc(Nc2ccc(F)cc2)n1)N1C(=O)c2ccccc2C1=O. The largest absolute Gasteiger partial charge is 0.456 e. The standard InChI is InChI=1S/C24H23FN6O4/c1-13(2)11-18(31-20(32)16-5-3-4-6-17(16)21(31)33)22(34)35-12-19-28-23(26)30-24(29-19)27-15-9-7-14(25)8-10-15/h3-10,13,18H,11-12H2,1-2H3,(H3,26,27,28,29,30). The highest BCUT2D eigenvalue weighted by Gasteiger charge is 2.43. The molecule has 0 fully saturated rings. The Morgan fingerprint density at radius 1 is 1.03 bits per heavy atom. The number of hydrogen-bond acceptors (Lipinski definition) is 9. The third-order valence-electron chi connectivity index (χ3n) is 5.25. The Labute approximate surface area is 200 Å². The Kier molecular flexibility index (Phi) is 6.67. The number of esters is 1. The van der Waals surface area contributed by atoms with Gasteiger partial charge in [0, 0.05) is 5.69 Å². The molecule has 0 aliphatic carbocycles. The fourth-order valence-electron chi connectivity index (χ4n) is 3.70. The molecule has 1 unspecified atom stereocenters. The van der Waals surface area contributed by atoms with E-state index in [0.717, 1.165) is 4.90 Å². The first kappa shape index (κ1) is 23.7. The minimum Gasteiger partial charge on any atom is -0.456 e. The monoisotopic (exact) mass is 478 g/mol. The van der Waals surface area contributed by atoms with Gasteiger partial charge in [0.25, 0.3) is 11.8 Å². The number of aromatic nitrogens is 3. The van der Waals surface area contributed by atoms with E-state index in [9.17, 15) is 18.8 Å². The Morgan fingerprint density at radius 3 is 2.26 bits per heavy atom. The van der Waals surface area contributed by atoms with E-state index in [2.05, 4.69) is 20.3 Å². The van der Waals surface area contributed by atoms with E-state index in [1.807, 2.05) is 13.8 Å². The predicted molar refractivity (Wildman–Crippen MR) is 124 cm³/mol. The third kappa shape index (κ3) is 5.24. The number of nitrogens with two attached hydrogens (primary N) is 1. The molecule has 1 aliphatic rings. The lowest BCUT2D eigenvalue weighted by Crippen LogP contribution is -2.46. The zero-order valence-electron chi connectivity index (χ0n) is 19.1. The van der Waals surface area contributed by atoms with Gasteiger partial charge in [-0.3, -0.25) is 14.5 Å². The minimum atomic E-state index is -1.11. The van der Waals surface area contributed by atoms with Gasteiger partial charge in [-0.1, -0.05) is 26.0 Å². The Morgan fingerprint density at radius 2 is 1.66 bits per heavy atom.